The molecular formula is C130H141OP. The van der Waals surface area contributed by atoms with Crippen LogP contribution in [0.2, 0.25) is 0 Å². The first-order chi connectivity index (χ1) is 61.7. The Morgan fingerprint density at radius 3 is 0.394 bits per heavy atom. The van der Waals surface area contributed by atoms with Crippen LogP contribution in [0.15, 0.2) is 309 Å². The smallest absolute Gasteiger partial charge is 0.172 e. The Hall–Kier alpha value is -11.5. The van der Waals surface area contributed by atoms with Crippen LogP contribution in [0, 0.1) is 0 Å². The van der Waals surface area contributed by atoms with E-state index in [-0.39, 0.29) is 54.1 Å². The Morgan fingerprint density at radius 2 is 0.265 bits per heavy atom. The second kappa shape index (κ2) is 33.9. The second-order valence-corrected chi connectivity index (χ2v) is 50.9. The number of rotatable bonds is 13. The number of benzene rings is 15. The van der Waals surface area contributed by atoms with Crippen LogP contribution in [0.3, 0.4) is 0 Å². The molecule has 0 N–H and O–H groups in total. The fraction of sp³-hybridized carbons (Fsp3) is 0.308. The quantitative estimate of drug-likeness (QED) is 0.105. The molecule has 1 nitrogen and oxygen atoms in total. The van der Waals surface area contributed by atoms with Crippen LogP contribution < -0.4 is 15.9 Å². The minimum absolute atomic E-state index is 0.105. The molecule has 1 heterocycles. The van der Waals surface area contributed by atoms with E-state index in [2.05, 4.69) is 517 Å². The molecular weight excluding hydrogens is 1610 g/mol. The summed E-state index contributed by atoms with van der Waals surface area (Å²) >= 11 is 0. The Labute approximate surface area is 793 Å². The number of hydrogen-bond acceptors (Lipinski definition) is 1. The molecule has 0 aromatic heterocycles. The molecule has 1 aliphatic heterocycles. The lowest BCUT2D eigenvalue weighted by atomic mass is 9.72. The Bertz CT molecular complexity index is 6180. The summed E-state index contributed by atoms with van der Waals surface area (Å²) in [6.45, 7) is 69.7. The van der Waals surface area contributed by atoms with Crippen molar-refractivity contribution in [2.45, 2.75) is 262 Å². The van der Waals surface area contributed by atoms with Crippen LogP contribution in [-0.4, -0.2) is 0 Å². The molecule has 132 heavy (non-hydrogen) atoms. The van der Waals surface area contributed by atoms with Crippen LogP contribution in [0.25, 0.3) is 145 Å². The van der Waals surface area contributed by atoms with E-state index >= 15 is 4.57 Å². The molecule has 0 bridgehead atoms. The van der Waals surface area contributed by atoms with Crippen molar-refractivity contribution >= 4 is 23.1 Å². The van der Waals surface area contributed by atoms with Gasteiger partial charge in [-0.25, -0.2) is 0 Å². The maximum Gasteiger partial charge on any atom is 0.172 e. The summed E-state index contributed by atoms with van der Waals surface area (Å²) in [7, 11) is -3.72. The molecule has 0 radical (unpaired) electrons. The van der Waals surface area contributed by atoms with E-state index in [9.17, 15) is 0 Å². The van der Waals surface area contributed by atoms with Gasteiger partial charge < -0.3 is 4.57 Å². The van der Waals surface area contributed by atoms with Gasteiger partial charge in [-0.2, -0.15) is 0 Å². The molecule has 2 heteroatoms. The van der Waals surface area contributed by atoms with Gasteiger partial charge in [-0.3, -0.25) is 0 Å². The van der Waals surface area contributed by atoms with E-state index in [1.807, 2.05) is 0 Å². The maximum absolute atomic E-state index is 18.3. The molecule has 0 fully saturated rings. The van der Waals surface area contributed by atoms with Crippen LogP contribution in [-0.2, 0) is 58.7 Å². The first-order valence-corrected chi connectivity index (χ1v) is 49.9. The predicted octanol–water partition coefficient (Wildman–Crippen LogP) is 36.3. The first kappa shape index (κ1) is 93.8. The minimum Gasteiger partial charge on any atom is -0.309 e. The fourth-order valence-electron chi connectivity index (χ4n) is 19.7. The summed E-state index contributed by atoms with van der Waals surface area (Å²) in [5.41, 5.74) is 40.1. The molecule has 0 saturated heterocycles. The zero-order valence-electron chi connectivity index (χ0n) is 84.8. The van der Waals surface area contributed by atoms with Crippen molar-refractivity contribution in [3.8, 4) is 145 Å². The third-order valence-electron chi connectivity index (χ3n) is 28.1. The summed E-state index contributed by atoms with van der Waals surface area (Å²) in [6.07, 6.45) is 0. The van der Waals surface area contributed by atoms with Gasteiger partial charge in [-0.15, -0.1) is 0 Å². The molecule has 1 aliphatic rings. The lowest BCUT2D eigenvalue weighted by Gasteiger charge is -2.30. The highest BCUT2D eigenvalue weighted by Gasteiger charge is 2.43. The first-order valence-electron chi connectivity index (χ1n) is 48.2. The van der Waals surface area contributed by atoms with Crippen LogP contribution in [0.5, 0.6) is 0 Å². The van der Waals surface area contributed by atoms with Crippen molar-refractivity contribution < 1.29 is 4.57 Å². The SMILES string of the molecule is CC(C)(C)c1ccc(-c2c(-c3ccc(C(C)(C)C)cc3)c(-c3ccc(C(C)(C)C)cc3)c(-c3ccc4c(c3)-c3cc(-c5c(-c6ccc(C(C)(C)C)cc6)c(-c6ccc(C(C)(C)C)cc6)c(-c6ccc(C(C)(C)C)cc6)c(-c6ccc(C(C)(C)C)cc6)c5-c5ccc(C(C)(C)C)cc5)ccc3P4(=O)c3ccccc3)c(-c3ccc(C(C)(C)C)cc3)c2-c2ccc(C(C)(C)C)cc2)cc1. The van der Waals surface area contributed by atoms with Gasteiger partial charge in [0.05, 0.1) is 0 Å². The molecule has 0 aliphatic carbocycles. The zero-order chi connectivity index (χ0) is 95.1. The summed E-state index contributed by atoms with van der Waals surface area (Å²) in [6, 6.07) is 121. The monoisotopic (exact) mass is 1750 g/mol. The Kier molecular flexibility index (Phi) is 24.1. The lowest BCUT2D eigenvalue weighted by Crippen LogP contribution is -2.20. The van der Waals surface area contributed by atoms with Crippen molar-refractivity contribution in [1.29, 1.82) is 0 Å². The minimum atomic E-state index is -3.72. The zero-order valence-corrected chi connectivity index (χ0v) is 85.7. The number of fused-ring (bicyclic) bond motifs is 3. The summed E-state index contributed by atoms with van der Waals surface area (Å²) in [5, 5.41) is 2.46. The van der Waals surface area contributed by atoms with Gasteiger partial charge in [0.1, 0.15) is 0 Å². The standard InChI is InChI=1S/C130H141OP/c1-121(2,3)94-58-36-82(37-59-94)109-111(84-40-62-96(63-41-84)123(7,8)9)115(88-48-70-100(71-49-88)127(19,20)21)119(116(89-50-72-101(73-51-89)128(22,23)24)112(109)85-42-64-97(65-43-85)124(10,11)12)92-56-78-107-105(80-92)106-81-93(57-79-108(106)132(107,131)104-34-32-31-33-35-104)120-117(90-52-74-102(75-53-90)129(25,26)27)113(86-44-66-98(67-45-86)125(13,14)15)110(83-38-60-95(61-39-83)122(4,5)6)114(87-46-68-99(69-47-87)126(16,17)18)118(120)91-54-76-103(77-55-91)130(28,29)30/h31-81H,1-30H3. The van der Waals surface area contributed by atoms with Crippen molar-refractivity contribution in [3.63, 3.8) is 0 Å². The van der Waals surface area contributed by atoms with Crippen LogP contribution >= 0.6 is 7.14 Å². The molecule has 0 spiro atoms. The van der Waals surface area contributed by atoms with Gasteiger partial charge in [0.2, 0.25) is 0 Å². The van der Waals surface area contributed by atoms with E-state index < -0.39 is 7.14 Å². The summed E-state index contributed by atoms with van der Waals surface area (Å²) in [5.74, 6) is 0. The van der Waals surface area contributed by atoms with Crippen LogP contribution in [0.1, 0.15) is 263 Å². The highest BCUT2D eigenvalue weighted by molar-refractivity contribution is 7.86. The predicted molar refractivity (Wildman–Crippen MR) is 577 cm³/mol. The molecule has 15 aromatic rings. The average Bonchev–Trinajstić information content (AvgIpc) is 1.46. The molecule has 0 unspecified atom stereocenters. The van der Waals surface area contributed by atoms with Gasteiger partial charge in [-0.1, -0.05) is 493 Å². The maximum atomic E-state index is 18.3. The van der Waals surface area contributed by atoms with Crippen LogP contribution in [0.4, 0.5) is 0 Å². The Balaban J connectivity index is 1.13. The van der Waals surface area contributed by atoms with E-state index in [4.69, 9.17) is 0 Å². The molecule has 0 amide bonds. The summed E-state index contributed by atoms with van der Waals surface area (Å²) in [4.78, 5) is 0. The molecule has 0 saturated carbocycles. The molecule has 16 rings (SSSR count). The van der Waals surface area contributed by atoms with E-state index in [1.54, 1.807) is 0 Å². The highest BCUT2D eigenvalue weighted by atomic mass is 31.2. The Morgan fingerprint density at radius 1 is 0.144 bits per heavy atom. The largest absolute Gasteiger partial charge is 0.309 e. The highest BCUT2D eigenvalue weighted by Crippen LogP contribution is 2.62. The van der Waals surface area contributed by atoms with E-state index in [0.717, 1.165) is 161 Å². The van der Waals surface area contributed by atoms with Gasteiger partial charge >= 0.3 is 0 Å². The van der Waals surface area contributed by atoms with Crippen molar-refractivity contribution in [2.24, 2.45) is 0 Å². The molecule has 0 atom stereocenters. The average molecular weight is 1750 g/mol. The fourth-order valence-corrected chi connectivity index (χ4v) is 22.8. The van der Waals surface area contributed by atoms with Crippen molar-refractivity contribution in [1.82, 2.24) is 0 Å². The van der Waals surface area contributed by atoms with Gasteiger partial charge in [0.25, 0.3) is 0 Å². The lowest BCUT2D eigenvalue weighted by molar-refractivity contribution is 0.590. The van der Waals surface area contributed by atoms with Gasteiger partial charge in [0, 0.05) is 15.9 Å². The molecule has 15 aromatic carbocycles. The van der Waals surface area contributed by atoms with Gasteiger partial charge in [-0.05, 0) is 279 Å². The number of hydrogen-bond donors (Lipinski definition) is 0. The third-order valence-corrected chi connectivity index (χ3v) is 31.2. The molecule has 672 valence electrons. The third kappa shape index (κ3) is 18.1. The topological polar surface area (TPSA) is 17.1 Å². The summed E-state index contributed by atoms with van der Waals surface area (Å²) < 4.78 is 18.3. The normalized spacial score (nSPS) is 13.5. The van der Waals surface area contributed by atoms with Gasteiger partial charge in [0.15, 0.2) is 7.14 Å². The van der Waals surface area contributed by atoms with E-state index in [1.165, 1.54) is 55.6 Å². The van der Waals surface area contributed by atoms with Crippen molar-refractivity contribution in [3.05, 3.63) is 365 Å². The second-order valence-electron chi connectivity index (χ2n) is 48.2. The van der Waals surface area contributed by atoms with E-state index in [0.29, 0.717) is 0 Å². The van der Waals surface area contributed by atoms with Crippen molar-refractivity contribution in [2.75, 3.05) is 0 Å².